The Kier molecular flexibility index (Phi) is 7.51. The fourth-order valence-corrected chi connectivity index (χ4v) is 5.10. The molecule has 0 fully saturated rings. The second-order valence-electron chi connectivity index (χ2n) is 9.30. The minimum Gasteiger partial charge on any atom is -0.346 e. The zero-order valence-corrected chi connectivity index (χ0v) is 21.9. The lowest BCUT2D eigenvalue weighted by molar-refractivity contribution is 0.0939. The number of rotatable bonds is 7. The summed E-state index contributed by atoms with van der Waals surface area (Å²) in [6.45, 7) is 12.3. The summed E-state index contributed by atoms with van der Waals surface area (Å²) < 4.78 is 26.4. The maximum Gasteiger partial charge on any atom is 0.251 e. The molecule has 3 rings (SSSR count). The van der Waals surface area contributed by atoms with Crippen molar-refractivity contribution in [3.63, 3.8) is 0 Å². The van der Waals surface area contributed by atoms with Crippen molar-refractivity contribution in [1.29, 1.82) is 0 Å². The molecule has 180 valence electrons. The van der Waals surface area contributed by atoms with Gasteiger partial charge in [0.1, 0.15) is 0 Å². The molecule has 0 aliphatic carbocycles. The van der Waals surface area contributed by atoms with Crippen molar-refractivity contribution in [2.75, 3.05) is 10.6 Å². The largest absolute Gasteiger partial charge is 0.346 e. The maximum atomic E-state index is 12.9. The molecular formula is C28H34N2O3S. The van der Waals surface area contributed by atoms with E-state index in [0.29, 0.717) is 11.3 Å². The van der Waals surface area contributed by atoms with E-state index < -0.39 is 10.0 Å². The Bertz CT molecular complexity index is 1290. The zero-order valence-electron chi connectivity index (χ0n) is 21.1. The highest BCUT2D eigenvalue weighted by atomic mass is 32.2. The smallest absolute Gasteiger partial charge is 0.251 e. The minimum atomic E-state index is -3.48. The standard InChI is InChI=1S/C28H34N2O3S/c1-18-12-19(2)14-26(13-18)30(34(7,32)33)17-24-8-10-25(11-9-24)28(31)29-23(6)27-16-21(4)20(3)15-22(27)5/h8-16,23H,17H2,1-7H3,(H,29,31)/t23-/m1/s1. The second kappa shape index (κ2) is 10.0. The van der Waals surface area contributed by atoms with Gasteiger partial charge in [-0.25, -0.2) is 8.42 Å². The van der Waals surface area contributed by atoms with Crippen LogP contribution in [0.2, 0.25) is 0 Å². The first-order valence-corrected chi connectivity index (χ1v) is 13.2. The number of carbonyl (C=O) groups is 1. The highest BCUT2D eigenvalue weighted by Crippen LogP contribution is 2.25. The molecule has 0 aliphatic heterocycles. The van der Waals surface area contributed by atoms with Crippen LogP contribution in [0.15, 0.2) is 54.6 Å². The zero-order chi connectivity index (χ0) is 25.2. The Morgan fingerprint density at radius 2 is 1.41 bits per heavy atom. The number of anilines is 1. The van der Waals surface area contributed by atoms with Crippen molar-refractivity contribution in [1.82, 2.24) is 5.32 Å². The molecule has 0 aliphatic rings. The minimum absolute atomic E-state index is 0.128. The van der Waals surface area contributed by atoms with Crippen molar-refractivity contribution in [2.24, 2.45) is 0 Å². The fourth-order valence-electron chi connectivity index (χ4n) is 4.23. The van der Waals surface area contributed by atoms with Gasteiger partial charge in [0, 0.05) is 5.56 Å². The van der Waals surface area contributed by atoms with Crippen LogP contribution in [0.25, 0.3) is 0 Å². The van der Waals surface area contributed by atoms with Crippen molar-refractivity contribution in [3.05, 3.63) is 99.1 Å². The molecular weight excluding hydrogens is 444 g/mol. The molecule has 1 atom stereocenters. The lowest BCUT2D eigenvalue weighted by Crippen LogP contribution is -2.29. The van der Waals surface area contributed by atoms with Crippen molar-refractivity contribution in [2.45, 2.75) is 54.1 Å². The molecule has 1 N–H and O–H groups in total. The lowest BCUT2D eigenvalue weighted by Gasteiger charge is -2.23. The van der Waals surface area contributed by atoms with E-state index in [-0.39, 0.29) is 18.5 Å². The van der Waals surface area contributed by atoms with E-state index in [1.165, 1.54) is 21.7 Å². The number of carbonyl (C=O) groups excluding carboxylic acids is 1. The Balaban J connectivity index is 1.77. The van der Waals surface area contributed by atoms with Crippen LogP contribution >= 0.6 is 0 Å². The van der Waals surface area contributed by atoms with Gasteiger partial charge in [0.25, 0.3) is 5.91 Å². The van der Waals surface area contributed by atoms with Crippen molar-refractivity contribution >= 4 is 21.6 Å². The number of benzene rings is 3. The van der Waals surface area contributed by atoms with E-state index >= 15 is 0 Å². The summed E-state index contributed by atoms with van der Waals surface area (Å²) in [5, 5.41) is 3.08. The molecule has 0 spiro atoms. The number of hydrogen-bond acceptors (Lipinski definition) is 3. The Hall–Kier alpha value is -3.12. The van der Waals surface area contributed by atoms with Crippen molar-refractivity contribution in [3.8, 4) is 0 Å². The summed E-state index contributed by atoms with van der Waals surface area (Å²) >= 11 is 0. The number of sulfonamides is 1. The third-order valence-corrected chi connectivity index (χ3v) is 7.27. The summed E-state index contributed by atoms with van der Waals surface area (Å²) in [6, 6.07) is 17.0. The Morgan fingerprint density at radius 3 is 1.97 bits per heavy atom. The number of amides is 1. The molecule has 0 saturated heterocycles. The van der Waals surface area contributed by atoms with Gasteiger partial charge < -0.3 is 5.32 Å². The molecule has 0 bridgehead atoms. The molecule has 1 amide bonds. The average Bonchev–Trinajstić information content (AvgIpc) is 2.73. The molecule has 6 heteroatoms. The molecule has 0 saturated carbocycles. The molecule has 3 aromatic carbocycles. The van der Waals surface area contributed by atoms with E-state index in [9.17, 15) is 13.2 Å². The third kappa shape index (κ3) is 6.06. The highest BCUT2D eigenvalue weighted by Gasteiger charge is 2.19. The van der Waals surface area contributed by atoms with Crippen LogP contribution in [0.5, 0.6) is 0 Å². The SMILES string of the molecule is Cc1cc(C)cc(N(Cc2ccc(C(=O)N[C@H](C)c3cc(C)c(C)cc3C)cc2)S(C)(=O)=O)c1. The van der Waals surface area contributed by atoms with Gasteiger partial charge in [0.2, 0.25) is 10.0 Å². The summed E-state index contributed by atoms with van der Waals surface area (Å²) in [5.41, 5.74) is 8.68. The molecule has 34 heavy (non-hydrogen) atoms. The maximum absolute atomic E-state index is 12.9. The molecule has 0 unspecified atom stereocenters. The first kappa shape index (κ1) is 25.5. The Morgan fingerprint density at radius 1 is 0.853 bits per heavy atom. The normalized spacial score (nSPS) is 12.3. The number of aryl methyl sites for hydroxylation is 5. The number of hydrogen-bond donors (Lipinski definition) is 1. The van der Waals surface area contributed by atoms with Crippen molar-refractivity contribution < 1.29 is 13.2 Å². The van der Waals surface area contributed by atoms with Gasteiger partial charge in [-0.05, 0) is 105 Å². The summed E-state index contributed by atoms with van der Waals surface area (Å²) in [6.07, 6.45) is 1.21. The Labute approximate surface area is 203 Å². The first-order chi connectivity index (χ1) is 15.8. The van der Waals surface area contributed by atoms with Gasteiger partial charge in [-0.15, -0.1) is 0 Å². The van der Waals surface area contributed by atoms with Crippen LogP contribution in [0.1, 0.15) is 62.3 Å². The summed E-state index contributed by atoms with van der Waals surface area (Å²) in [4.78, 5) is 12.9. The quantitative estimate of drug-likeness (QED) is 0.475. The third-order valence-electron chi connectivity index (χ3n) is 6.13. The van der Waals surface area contributed by atoms with Gasteiger partial charge in [0.15, 0.2) is 0 Å². The van der Waals surface area contributed by atoms with Gasteiger partial charge in [-0.1, -0.05) is 30.3 Å². The monoisotopic (exact) mass is 478 g/mol. The van der Waals surface area contributed by atoms with Gasteiger partial charge in [0.05, 0.1) is 24.5 Å². The van der Waals surface area contributed by atoms with Crippen LogP contribution in [0.3, 0.4) is 0 Å². The topological polar surface area (TPSA) is 66.5 Å². The van der Waals surface area contributed by atoms with Crippen LogP contribution < -0.4 is 9.62 Å². The van der Waals surface area contributed by atoms with E-state index in [4.69, 9.17) is 0 Å². The molecule has 3 aromatic rings. The predicted octanol–water partition coefficient (Wildman–Crippen LogP) is 5.69. The average molecular weight is 479 g/mol. The highest BCUT2D eigenvalue weighted by molar-refractivity contribution is 7.92. The molecule has 0 aromatic heterocycles. The van der Waals surface area contributed by atoms with E-state index in [1.807, 2.05) is 51.1 Å². The van der Waals surface area contributed by atoms with E-state index in [2.05, 4.69) is 38.2 Å². The summed E-state index contributed by atoms with van der Waals surface area (Å²) in [5.74, 6) is -0.161. The van der Waals surface area contributed by atoms with Crippen LogP contribution in [0.4, 0.5) is 5.69 Å². The van der Waals surface area contributed by atoms with Crippen LogP contribution in [-0.2, 0) is 16.6 Å². The second-order valence-corrected chi connectivity index (χ2v) is 11.2. The van der Waals surface area contributed by atoms with Gasteiger partial charge in [-0.3, -0.25) is 9.10 Å². The van der Waals surface area contributed by atoms with Gasteiger partial charge in [-0.2, -0.15) is 0 Å². The van der Waals surface area contributed by atoms with Crippen LogP contribution in [-0.4, -0.2) is 20.6 Å². The first-order valence-electron chi connectivity index (χ1n) is 11.4. The summed E-state index contributed by atoms with van der Waals surface area (Å²) in [7, 11) is -3.48. The predicted molar refractivity (Wildman–Crippen MR) is 140 cm³/mol. The van der Waals surface area contributed by atoms with E-state index in [0.717, 1.165) is 27.8 Å². The number of nitrogens with zero attached hydrogens (tertiary/aromatic N) is 1. The lowest BCUT2D eigenvalue weighted by atomic mass is 9.96. The number of nitrogens with one attached hydrogen (secondary N) is 1. The van der Waals surface area contributed by atoms with Crippen LogP contribution in [0, 0.1) is 34.6 Å². The fraction of sp³-hybridized carbons (Fsp3) is 0.321. The van der Waals surface area contributed by atoms with E-state index in [1.54, 1.807) is 12.1 Å². The van der Waals surface area contributed by atoms with Gasteiger partial charge >= 0.3 is 0 Å². The molecule has 0 radical (unpaired) electrons. The molecule has 5 nitrogen and oxygen atoms in total. The molecule has 0 heterocycles.